The Morgan fingerprint density at radius 3 is 2.50 bits per heavy atom. The summed E-state index contributed by atoms with van der Waals surface area (Å²) in [5, 5.41) is 0. The predicted molar refractivity (Wildman–Crippen MR) is 87.5 cm³/mol. The van der Waals surface area contributed by atoms with Crippen LogP contribution in [0.15, 0.2) is 0 Å². The summed E-state index contributed by atoms with van der Waals surface area (Å²) in [5.41, 5.74) is 0.868. The maximum absolute atomic E-state index is 11.9. The summed E-state index contributed by atoms with van der Waals surface area (Å²) in [4.78, 5) is 11.9. The third-order valence-electron chi connectivity index (χ3n) is 8.68. The van der Waals surface area contributed by atoms with Crippen molar-refractivity contribution in [2.24, 2.45) is 34.5 Å². The van der Waals surface area contributed by atoms with Crippen molar-refractivity contribution in [1.82, 2.24) is 0 Å². The Labute approximate surface area is 135 Å². The fraction of sp³-hybridized carbons (Fsp3) is 0.950. The quantitative estimate of drug-likeness (QED) is 0.707. The van der Waals surface area contributed by atoms with Crippen molar-refractivity contribution in [2.45, 2.75) is 77.7 Å². The summed E-state index contributed by atoms with van der Waals surface area (Å²) < 4.78 is 5.86. The van der Waals surface area contributed by atoms with Crippen LogP contribution in [-0.4, -0.2) is 19.0 Å². The average molecular weight is 304 g/mol. The Morgan fingerprint density at radius 2 is 1.73 bits per heavy atom. The number of ketones is 1. The van der Waals surface area contributed by atoms with Gasteiger partial charge in [-0.05, 0) is 79.4 Å². The molecule has 4 fully saturated rings. The van der Waals surface area contributed by atoms with Crippen molar-refractivity contribution < 1.29 is 9.53 Å². The van der Waals surface area contributed by atoms with Gasteiger partial charge in [0.1, 0.15) is 5.78 Å². The highest BCUT2D eigenvalue weighted by Crippen LogP contribution is 2.66. The molecular weight excluding hydrogens is 272 g/mol. The van der Waals surface area contributed by atoms with Crippen LogP contribution in [0.1, 0.15) is 71.6 Å². The standard InChI is InChI=1S/C20H32O2/c1-19-10-8-14(21)12-13(19)4-5-15-16-6-7-18(22-3)20(16,2)11-9-17(15)19/h13,15-18H,4-12H2,1-3H3/t13-,15-,16-,17-,18-,19-,20-/m0/s1. The molecule has 2 nitrogen and oxygen atoms in total. The first-order chi connectivity index (χ1) is 10.5. The van der Waals surface area contributed by atoms with E-state index in [1.807, 2.05) is 7.11 Å². The molecule has 124 valence electrons. The van der Waals surface area contributed by atoms with Crippen LogP contribution in [0.3, 0.4) is 0 Å². The van der Waals surface area contributed by atoms with Crippen molar-refractivity contribution in [3.8, 4) is 0 Å². The number of carbonyl (C=O) groups is 1. The normalized spacial score (nSPS) is 54.5. The minimum absolute atomic E-state index is 0.420. The Balaban J connectivity index is 1.62. The van der Waals surface area contributed by atoms with Crippen LogP contribution in [0.25, 0.3) is 0 Å². The van der Waals surface area contributed by atoms with Crippen molar-refractivity contribution in [3.63, 3.8) is 0 Å². The van der Waals surface area contributed by atoms with Crippen LogP contribution in [0.4, 0.5) is 0 Å². The molecule has 2 heteroatoms. The van der Waals surface area contributed by atoms with Crippen molar-refractivity contribution in [2.75, 3.05) is 7.11 Å². The third-order valence-corrected chi connectivity index (χ3v) is 8.68. The molecule has 0 radical (unpaired) electrons. The van der Waals surface area contributed by atoms with Crippen LogP contribution < -0.4 is 0 Å². The van der Waals surface area contributed by atoms with Gasteiger partial charge in [0.15, 0.2) is 0 Å². The van der Waals surface area contributed by atoms with Crippen LogP contribution in [0, 0.1) is 34.5 Å². The molecular formula is C20H32O2. The third kappa shape index (κ3) is 1.92. The molecule has 4 saturated carbocycles. The van der Waals surface area contributed by atoms with Gasteiger partial charge >= 0.3 is 0 Å². The van der Waals surface area contributed by atoms with Crippen molar-refractivity contribution >= 4 is 5.78 Å². The molecule has 0 aromatic carbocycles. The Hall–Kier alpha value is -0.370. The summed E-state index contributed by atoms with van der Waals surface area (Å²) in [6.45, 7) is 5.04. The van der Waals surface area contributed by atoms with E-state index in [1.165, 1.54) is 38.5 Å². The number of methoxy groups -OCH3 is 1. The second-order valence-corrected chi connectivity index (χ2v) is 9.25. The van der Waals surface area contributed by atoms with Gasteiger partial charge in [-0.2, -0.15) is 0 Å². The Morgan fingerprint density at radius 1 is 0.955 bits per heavy atom. The van der Waals surface area contributed by atoms with Gasteiger partial charge in [-0.1, -0.05) is 13.8 Å². The van der Waals surface area contributed by atoms with E-state index in [0.717, 1.165) is 37.0 Å². The van der Waals surface area contributed by atoms with E-state index in [2.05, 4.69) is 13.8 Å². The minimum atomic E-state index is 0.420. The molecule has 0 amide bonds. The van der Waals surface area contributed by atoms with E-state index >= 15 is 0 Å². The van der Waals surface area contributed by atoms with Crippen LogP contribution in [0.2, 0.25) is 0 Å². The van der Waals surface area contributed by atoms with Gasteiger partial charge in [-0.15, -0.1) is 0 Å². The molecule has 7 atom stereocenters. The number of hydrogen-bond donors (Lipinski definition) is 0. The average Bonchev–Trinajstić information content (AvgIpc) is 2.84. The van der Waals surface area contributed by atoms with Crippen LogP contribution >= 0.6 is 0 Å². The van der Waals surface area contributed by atoms with E-state index < -0.39 is 0 Å². The molecule has 4 aliphatic carbocycles. The number of hydrogen-bond acceptors (Lipinski definition) is 2. The summed E-state index contributed by atoms with van der Waals surface area (Å²) in [6, 6.07) is 0. The summed E-state index contributed by atoms with van der Waals surface area (Å²) in [6.07, 6.45) is 11.4. The summed E-state index contributed by atoms with van der Waals surface area (Å²) in [7, 11) is 1.91. The smallest absolute Gasteiger partial charge is 0.133 e. The lowest BCUT2D eigenvalue weighted by atomic mass is 9.45. The number of carbonyl (C=O) groups excluding carboxylic acids is 1. The molecule has 0 aromatic rings. The molecule has 0 N–H and O–H groups in total. The van der Waals surface area contributed by atoms with E-state index in [-0.39, 0.29) is 0 Å². The zero-order chi connectivity index (χ0) is 15.5. The molecule has 0 saturated heterocycles. The molecule has 0 aromatic heterocycles. The monoisotopic (exact) mass is 304 g/mol. The largest absolute Gasteiger partial charge is 0.381 e. The zero-order valence-electron chi connectivity index (χ0n) is 14.6. The van der Waals surface area contributed by atoms with Gasteiger partial charge in [0, 0.05) is 20.0 Å². The van der Waals surface area contributed by atoms with Crippen LogP contribution in [0.5, 0.6) is 0 Å². The second kappa shape index (κ2) is 5.06. The lowest BCUT2D eigenvalue weighted by molar-refractivity contribution is -0.143. The first-order valence-corrected chi connectivity index (χ1v) is 9.53. The number of rotatable bonds is 1. The molecule has 0 unspecified atom stereocenters. The van der Waals surface area contributed by atoms with E-state index in [4.69, 9.17) is 4.74 Å². The van der Waals surface area contributed by atoms with E-state index in [1.54, 1.807) is 0 Å². The molecule has 22 heavy (non-hydrogen) atoms. The topological polar surface area (TPSA) is 26.3 Å². The number of fused-ring (bicyclic) bond motifs is 5. The Kier molecular flexibility index (Phi) is 3.49. The van der Waals surface area contributed by atoms with Crippen molar-refractivity contribution in [1.29, 1.82) is 0 Å². The van der Waals surface area contributed by atoms with Crippen LogP contribution in [-0.2, 0) is 9.53 Å². The lowest BCUT2D eigenvalue weighted by Gasteiger charge is -2.60. The fourth-order valence-corrected chi connectivity index (χ4v) is 7.38. The molecule has 4 aliphatic rings. The molecule has 0 aliphatic heterocycles. The molecule has 0 heterocycles. The van der Waals surface area contributed by atoms with Gasteiger partial charge < -0.3 is 4.74 Å². The zero-order valence-corrected chi connectivity index (χ0v) is 14.6. The van der Waals surface area contributed by atoms with Crippen molar-refractivity contribution in [3.05, 3.63) is 0 Å². The van der Waals surface area contributed by atoms with Gasteiger partial charge in [-0.3, -0.25) is 4.79 Å². The number of ether oxygens (including phenoxy) is 1. The highest BCUT2D eigenvalue weighted by atomic mass is 16.5. The number of Topliss-reactive ketones (excluding diaryl/α,β-unsaturated/α-hetero) is 1. The van der Waals surface area contributed by atoms with E-state index in [0.29, 0.717) is 28.6 Å². The Bertz CT molecular complexity index is 472. The molecule has 4 rings (SSSR count). The highest BCUT2D eigenvalue weighted by molar-refractivity contribution is 5.79. The maximum Gasteiger partial charge on any atom is 0.133 e. The minimum Gasteiger partial charge on any atom is -0.381 e. The molecule has 0 spiro atoms. The van der Waals surface area contributed by atoms with Gasteiger partial charge in [0.25, 0.3) is 0 Å². The molecule has 0 bridgehead atoms. The first-order valence-electron chi connectivity index (χ1n) is 9.53. The van der Waals surface area contributed by atoms with Gasteiger partial charge in [0.2, 0.25) is 0 Å². The predicted octanol–water partition coefficient (Wildman–Crippen LogP) is 4.61. The maximum atomic E-state index is 11.9. The van der Waals surface area contributed by atoms with Gasteiger partial charge in [0.05, 0.1) is 6.10 Å². The summed E-state index contributed by atoms with van der Waals surface area (Å²) in [5.74, 6) is 3.84. The summed E-state index contributed by atoms with van der Waals surface area (Å²) >= 11 is 0. The fourth-order valence-electron chi connectivity index (χ4n) is 7.38. The lowest BCUT2D eigenvalue weighted by Crippen LogP contribution is -2.54. The SMILES string of the molecule is CO[C@H]1CC[C@H]2[C@@H]3CC[C@H]4CC(=O)CC[C@]4(C)[C@H]3CC[C@]12C. The highest BCUT2D eigenvalue weighted by Gasteiger charge is 2.60. The van der Waals surface area contributed by atoms with Gasteiger partial charge in [-0.25, -0.2) is 0 Å². The second-order valence-electron chi connectivity index (χ2n) is 9.25. The van der Waals surface area contributed by atoms with E-state index in [9.17, 15) is 4.79 Å². The first kappa shape index (κ1) is 15.2.